The smallest absolute Gasteiger partial charge is 0.408 e. The highest BCUT2D eigenvalue weighted by molar-refractivity contribution is 6.74. The van der Waals surface area contributed by atoms with Crippen LogP contribution in [-0.4, -0.2) is 102 Å². The molecule has 0 aromatic heterocycles. The Labute approximate surface area is 257 Å². The average molecular weight is 621 g/mol. The highest BCUT2D eigenvalue weighted by Gasteiger charge is 2.61. The Morgan fingerprint density at radius 2 is 1.79 bits per heavy atom. The molecule has 242 valence electrons. The van der Waals surface area contributed by atoms with E-state index in [9.17, 15) is 24.3 Å². The van der Waals surface area contributed by atoms with Gasteiger partial charge in [-0.3, -0.25) is 14.5 Å². The van der Waals surface area contributed by atoms with Crippen LogP contribution in [0.25, 0.3) is 0 Å². The van der Waals surface area contributed by atoms with Gasteiger partial charge in [-0.25, -0.2) is 9.59 Å². The summed E-state index contributed by atoms with van der Waals surface area (Å²) >= 11 is 0. The molecule has 2 heterocycles. The van der Waals surface area contributed by atoms with Crippen molar-refractivity contribution in [2.24, 2.45) is 5.92 Å². The number of nitrogens with zero attached hydrogens (tertiary/aromatic N) is 2. The van der Waals surface area contributed by atoms with Crippen LogP contribution in [0.2, 0.25) is 18.1 Å². The quantitative estimate of drug-likeness (QED) is 0.313. The molecule has 4 rings (SSSR count). The van der Waals surface area contributed by atoms with E-state index in [2.05, 4.69) is 49.4 Å². The molecule has 3 fully saturated rings. The lowest BCUT2D eigenvalue weighted by molar-refractivity contribution is -0.145. The first-order valence-corrected chi connectivity index (χ1v) is 18.7. The van der Waals surface area contributed by atoms with Crippen LogP contribution in [0.4, 0.5) is 4.79 Å². The van der Waals surface area contributed by atoms with Gasteiger partial charge < -0.3 is 29.8 Å². The fourth-order valence-corrected chi connectivity index (χ4v) is 7.20. The summed E-state index contributed by atoms with van der Waals surface area (Å²) in [5, 5.41) is 15.7. The molecular formula is C31H52N4O7Si. The van der Waals surface area contributed by atoms with Crippen molar-refractivity contribution in [1.82, 2.24) is 20.4 Å². The van der Waals surface area contributed by atoms with Crippen molar-refractivity contribution in [1.29, 1.82) is 0 Å². The van der Waals surface area contributed by atoms with E-state index in [4.69, 9.17) is 9.16 Å². The monoisotopic (exact) mass is 620 g/mol. The Kier molecular flexibility index (Phi) is 9.46. The van der Waals surface area contributed by atoms with E-state index in [1.807, 2.05) is 12.2 Å². The van der Waals surface area contributed by atoms with E-state index < -0.39 is 55.6 Å². The summed E-state index contributed by atoms with van der Waals surface area (Å²) in [4.78, 5) is 57.4. The summed E-state index contributed by atoms with van der Waals surface area (Å²) in [6.07, 6.45) is 7.03. The number of alkyl carbamates (subject to hydrolysis) is 1. The Hall–Kier alpha value is -2.44. The minimum atomic E-state index is -2.25. The molecule has 0 radical (unpaired) electrons. The van der Waals surface area contributed by atoms with Crippen LogP contribution in [0.1, 0.15) is 80.1 Å². The molecule has 3 N–H and O–H groups in total. The van der Waals surface area contributed by atoms with Crippen molar-refractivity contribution in [2.45, 2.75) is 134 Å². The first-order chi connectivity index (χ1) is 19.8. The Balaban J connectivity index is 1.68. The van der Waals surface area contributed by atoms with Crippen molar-refractivity contribution in [3.8, 4) is 0 Å². The average Bonchev–Trinajstić information content (AvgIpc) is 3.77. The van der Waals surface area contributed by atoms with Crippen molar-refractivity contribution >= 4 is 32.2 Å². The van der Waals surface area contributed by atoms with Crippen LogP contribution in [-0.2, 0) is 23.5 Å². The fourth-order valence-electron chi connectivity index (χ4n) is 5.84. The third kappa shape index (κ3) is 7.99. The third-order valence-corrected chi connectivity index (χ3v) is 14.0. The van der Waals surface area contributed by atoms with Gasteiger partial charge in [0.2, 0.25) is 11.8 Å². The molecule has 43 heavy (non-hydrogen) atoms. The molecule has 3 amide bonds. The van der Waals surface area contributed by atoms with Crippen LogP contribution in [0, 0.1) is 5.92 Å². The highest BCUT2D eigenvalue weighted by Crippen LogP contribution is 2.46. The minimum absolute atomic E-state index is 0.0809. The minimum Gasteiger partial charge on any atom is -0.479 e. The van der Waals surface area contributed by atoms with Gasteiger partial charge in [0, 0.05) is 31.5 Å². The van der Waals surface area contributed by atoms with Gasteiger partial charge in [-0.1, -0.05) is 32.9 Å². The second-order valence-electron chi connectivity index (χ2n) is 15.3. The number of carbonyl (C=O) groups excluding carboxylic acids is 3. The fraction of sp³-hybridized carbons (Fsp3) is 0.806. The van der Waals surface area contributed by atoms with E-state index in [1.165, 1.54) is 4.90 Å². The van der Waals surface area contributed by atoms with Crippen LogP contribution in [0.5, 0.6) is 0 Å². The van der Waals surface area contributed by atoms with E-state index in [1.54, 1.807) is 20.8 Å². The summed E-state index contributed by atoms with van der Waals surface area (Å²) in [6.45, 7) is 17.2. The van der Waals surface area contributed by atoms with Crippen molar-refractivity contribution in [3.05, 3.63) is 12.2 Å². The first-order valence-electron chi connectivity index (χ1n) is 15.8. The van der Waals surface area contributed by atoms with E-state index in [0.29, 0.717) is 19.0 Å². The number of hydrogen-bond donors (Lipinski definition) is 3. The molecule has 1 unspecified atom stereocenters. The first kappa shape index (κ1) is 33.4. The predicted octanol–water partition coefficient (Wildman–Crippen LogP) is 3.64. The number of amides is 3. The van der Waals surface area contributed by atoms with Crippen LogP contribution in [0.3, 0.4) is 0 Å². The third-order valence-electron chi connectivity index (χ3n) is 9.51. The standard InChI is InChI=1S/C31H52N4O7Si/c1-29(2,3)41-28(40)32-23-19-34(21-13-14-21)15-11-9-10-12-20-17-31(20,27(38)39)33-25(36)24-16-22(18-35(24)26(23)37)42-43(7,8)30(4,5)6/h10,12,20-24H,9,11,13-19H2,1-8H3,(H,32,40)(H,33,36)(H,38,39)/t20?,22-,23+,24+,31-/m1/s1. The number of nitrogens with one attached hydrogen (secondary N) is 2. The molecule has 2 saturated carbocycles. The maximum Gasteiger partial charge on any atom is 0.408 e. The summed E-state index contributed by atoms with van der Waals surface area (Å²) in [6, 6.07) is -1.53. The number of carboxylic acids is 1. The maximum absolute atomic E-state index is 14.4. The number of carboxylic acid groups (broad SMARTS) is 1. The van der Waals surface area contributed by atoms with E-state index in [-0.39, 0.29) is 29.8 Å². The summed E-state index contributed by atoms with van der Waals surface area (Å²) in [7, 11) is -2.25. The molecule has 0 aromatic carbocycles. The van der Waals surface area contributed by atoms with E-state index in [0.717, 1.165) is 32.2 Å². The van der Waals surface area contributed by atoms with Gasteiger partial charge >= 0.3 is 12.1 Å². The molecule has 4 aliphatic rings. The number of allylic oxidation sites excluding steroid dienone is 1. The molecule has 12 heteroatoms. The predicted molar refractivity (Wildman–Crippen MR) is 165 cm³/mol. The summed E-state index contributed by atoms with van der Waals surface area (Å²) in [5.74, 6) is -2.26. The molecule has 0 bridgehead atoms. The second-order valence-corrected chi connectivity index (χ2v) is 20.1. The number of aliphatic carboxylic acids is 1. The lowest BCUT2D eigenvalue weighted by Crippen LogP contribution is -2.59. The number of fused-ring (bicyclic) bond motifs is 2. The summed E-state index contributed by atoms with van der Waals surface area (Å²) < 4.78 is 12.2. The van der Waals surface area contributed by atoms with Crippen LogP contribution < -0.4 is 10.6 Å². The lowest BCUT2D eigenvalue weighted by Gasteiger charge is -2.38. The van der Waals surface area contributed by atoms with Crippen molar-refractivity contribution < 1.29 is 33.4 Å². The van der Waals surface area contributed by atoms with Gasteiger partial charge in [0.15, 0.2) is 8.32 Å². The van der Waals surface area contributed by atoms with Gasteiger partial charge in [-0.05, 0) is 77.6 Å². The van der Waals surface area contributed by atoms with Crippen LogP contribution in [0.15, 0.2) is 12.2 Å². The van der Waals surface area contributed by atoms with Gasteiger partial charge in [0.1, 0.15) is 23.2 Å². The molecular weight excluding hydrogens is 568 g/mol. The molecule has 1 saturated heterocycles. The van der Waals surface area contributed by atoms with Gasteiger partial charge in [-0.2, -0.15) is 0 Å². The largest absolute Gasteiger partial charge is 0.479 e. The second kappa shape index (κ2) is 12.2. The van der Waals surface area contributed by atoms with Crippen molar-refractivity contribution in [2.75, 3.05) is 19.6 Å². The van der Waals surface area contributed by atoms with E-state index >= 15 is 0 Å². The zero-order chi connectivity index (χ0) is 32.0. The summed E-state index contributed by atoms with van der Waals surface area (Å²) in [5.41, 5.74) is -2.13. The van der Waals surface area contributed by atoms with Gasteiger partial charge in [0.25, 0.3) is 0 Å². The Morgan fingerprint density at radius 3 is 2.37 bits per heavy atom. The molecule has 11 nitrogen and oxygen atoms in total. The zero-order valence-electron chi connectivity index (χ0n) is 27.2. The topological polar surface area (TPSA) is 138 Å². The number of rotatable bonds is 5. The SMILES string of the molecule is CC(C)(C)OC(=O)N[C@H]1CN(C2CC2)CCCC=CC2C[C@@]2(C(=O)O)NC(=O)[C@@H]2C[C@@H](O[Si](C)(C)C(C)(C)C)CN2C1=O. The molecule has 0 aromatic rings. The molecule has 2 aliphatic heterocycles. The highest BCUT2D eigenvalue weighted by atomic mass is 28.4. The zero-order valence-corrected chi connectivity index (χ0v) is 28.2. The van der Waals surface area contributed by atoms with Crippen LogP contribution >= 0.6 is 0 Å². The Morgan fingerprint density at radius 1 is 1.12 bits per heavy atom. The van der Waals surface area contributed by atoms with Crippen molar-refractivity contribution in [3.63, 3.8) is 0 Å². The number of ether oxygens (including phenoxy) is 1. The molecule has 5 atom stereocenters. The maximum atomic E-state index is 14.4. The molecule has 0 spiro atoms. The normalized spacial score (nSPS) is 31.3. The van der Waals surface area contributed by atoms with Gasteiger partial charge in [-0.15, -0.1) is 0 Å². The molecule has 2 aliphatic carbocycles. The lowest BCUT2D eigenvalue weighted by atomic mass is 10.1. The number of hydrogen-bond acceptors (Lipinski definition) is 7. The number of carbonyl (C=O) groups is 4. The Bertz CT molecular complexity index is 1130. The van der Waals surface area contributed by atoms with Gasteiger partial charge in [0.05, 0.1) is 6.10 Å².